The number of imidazole rings is 1. The van der Waals surface area contributed by atoms with E-state index in [9.17, 15) is 4.79 Å². The summed E-state index contributed by atoms with van der Waals surface area (Å²) in [6, 6.07) is 14.2. The highest BCUT2D eigenvalue weighted by Gasteiger charge is 2.19. The van der Waals surface area contributed by atoms with Gasteiger partial charge in [-0.3, -0.25) is 18.5 Å². The summed E-state index contributed by atoms with van der Waals surface area (Å²) < 4.78 is 11.5. The molecule has 5 aromatic heterocycles. The predicted octanol–water partition coefficient (Wildman–Crippen LogP) is 2.58. The van der Waals surface area contributed by atoms with Gasteiger partial charge in [-0.15, -0.1) is 0 Å². The van der Waals surface area contributed by atoms with Gasteiger partial charge >= 0.3 is 5.69 Å². The van der Waals surface area contributed by atoms with E-state index < -0.39 is 0 Å². The summed E-state index contributed by atoms with van der Waals surface area (Å²) in [6.07, 6.45) is 9.17. The smallest absolute Gasteiger partial charge is 0.343 e. The third-order valence-electron chi connectivity index (χ3n) is 7.40. The van der Waals surface area contributed by atoms with E-state index in [1.807, 2.05) is 48.2 Å². The lowest BCUT2D eigenvalue weighted by Crippen LogP contribution is -2.39. The molecule has 0 fully saturated rings. The zero-order valence-electron chi connectivity index (χ0n) is 23.0. The van der Waals surface area contributed by atoms with Gasteiger partial charge < -0.3 is 10.1 Å². The van der Waals surface area contributed by atoms with E-state index in [0.29, 0.717) is 26.2 Å². The van der Waals surface area contributed by atoms with Crippen LogP contribution in [0.15, 0.2) is 78.4 Å². The van der Waals surface area contributed by atoms with Gasteiger partial charge in [0.05, 0.1) is 30.3 Å². The van der Waals surface area contributed by atoms with Crippen LogP contribution in [0.3, 0.4) is 0 Å². The van der Waals surface area contributed by atoms with Gasteiger partial charge in [0.1, 0.15) is 36.0 Å². The van der Waals surface area contributed by atoms with Gasteiger partial charge in [-0.25, -0.2) is 24.8 Å². The molecule has 6 aromatic rings. The van der Waals surface area contributed by atoms with E-state index in [0.717, 1.165) is 64.2 Å². The van der Waals surface area contributed by atoms with Crippen molar-refractivity contribution in [1.29, 1.82) is 0 Å². The Morgan fingerprint density at radius 3 is 2.79 bits per heavy atom. The number of benzene rings is 1. The molecule has 212 valence electrons. The summed E-state index contributed by atoms with van der Waals surface area (Å²) in [6.45, 7) is 3.93. The van der Waals surface area contributed by atoms with Crippen molar-refractivity contribution in [2.45, 2.75) is 19.6 Å². The number of anilines is 1. The van der Waals surface area contributed by atoms with Crippen LogP contribution in [-0.2, 0) is 26.7 Å². The van der Waals surface area contributed by atoms with Crippen molar-refractivity contribution in [1.82, 2.24) is 48.8 Å². The summed E-state index contributed by atoms with van der Waals surface area (Å²) >= 11 is 0. The van der Waals surface area contributed by atoms with Crippen LogP contribution in [0.4, 0.5) is 5.82 Å². The Kier molecular flexibility index (Phi) is 6.68. The van der Waals surface area contributed by atoms with Crippen LogP contribution in [-0.4, -0.2) is 68.5 Å². The number of ether oxygens (including phenoxy) is 1. The summed E-state index contributed by atoms with van der Waals surface area (Å²) in [5.41, 5.74) is 5.62. The predicted molar refractivity (Wildman–Crippen MR) is 156 cm³/mol. The maximum atomic E-state index is 11.7. The molecule has 1 aromatic carbocycles. The minimum absolute atomic E-state index is 0.147. The maximum Gasteiger partial charge on any atom is 0.343 e. The van der Waals surface area contributed by atoms with Crippen LogP contribution < -0.4 is 15.7 Å². The second-order valence-corrected chi connectivity index (χ2v) is 10.2. The highest BCUT2D eigenvalue weighted by atomic mass is 16.5. The molecule has 13 nitrogen and oxygen atoms in total. The Bertz CT molecular complexity index is 1900. The molecule has 0 saturated carbocycles. The Hall–Kier alpha value is -5.30. The Balaban J connectivity index is 0.970. The molecule has 1 aliphatic rings. The van der Waals surface area contributed by atoms with E-state index in [1.165, 1.54) is 0 Å². The summed E-state index contributed by atoms with van der Waals surface area (Å²) in [7, 11) is 1.92. The highest BCUT2D eigenvalue weighted by Crippen LogP contribution is 2.24. The van der Waals surface area contributed by atoms with Crippen LogP contribution in [0, 0.1) is 0 Å². The number of nitrogens with zero attached hydrogens (tertiary/aromatic N) is 9. The van der Waals surface area contributed by atoms with Crippen molar-refractivity contribution < 1.29 is 4.74 Å². The molecule has 0 atom stereocenters. The fraction of sp³-hybridized carbons (Fsp3) is 0.241. The Morgan fingerprint density at radius 1 is 1.02 bits per heavy atom. The van der Waals surface area contributed by atoms with Crippen molar-refractivity contribution in [3.05, 3.63) is 95.5 Å². The first-order valence-electron chi connectivity index (χ1n) is 13.7. The fourth-order valence-corrected chi connectivity index (χ4v) is 5.12. The fourth-order valence-electron chi connectivity index (χ4n) is 5.12. The first-order valence-corrected chi connectivity index (χ1v) is 13.7. The minimum Gasteiger partial charge on any atom is -0.492 e. The lowest BCUT2D eigenvalue weighted by atomic mass is 10.1. The number of H-pyrrole nitrogens is 1. The van der Waals surface area contributed by atoms with Gasteiger partial charge in [-0.2, -0.15) is 10.2 Å². The molecule has 13 heteroatoms. The first-order chi connectivity index (χ1) is 20.6. The molecule has 6 heterocycles. The number of aromatic nitrogens is 9. The monoisotopic (exact) mass is 563 g/mol. The molecule has 0 amide bonds. The zero-order valence-corrected chi connectivity index (χ0v) is 23.0. The number of fused-ring (bicyclic) bond motifs is 2. The molecule has 1 aliphatic heterocycles. The molecule has 0 saturated heterocycles. The van der Waals surface area contributed by atoms with E-state index in [4.69, 9.17) is 4.74 Å². The molecule has 0 aliphatic carbocycles. The molecule has 7 rings (SSSR count). The highest BCUT2D eigenvalue weighted by molar-refractivity contribution is 5.64. The number of nitrogens with one attached hydrogen (secondary N) is 2. The van der Waals surface area contributed by atoms with Crippen LogP contribution in [0.2, 0.25) is 0 Å². The molecule has 0 unspecified atom stereocenters. The topological polar surface area (TPSA) is 136 Å². The van der Waals surface area contributed by atoms with Crippen molar-refractivity contribution >= 4 is 11.5 Å². The van der Waals surface area contributed by atoms with E-state index in [2.05, 4.69) is 64.7 Å². The second kappa shape index (κ2) is 10.9. The maximum absolute atomic E-state index is 11.7. The van der Waals surface area contributed by atoms with Gasteiger partial charge in [0.15, 0.2) is 0 Å². The van der Waals surface area contributed by atoms with Crippen LogP contribution in [0.1, 0.15) is 11.4 Å². The zero-order chi connectivity index (χ0) is 28.5. The van der Waals surface area contributed by atoms with Gasteiger partial charge in [-0.1, -0.05) is 24.3 Å². The number of hydrogen-bond acceptors (Lipinski definition) is 9. The third kappa shape index (κ3) is 5.24. The Morgan fingerprint density at radius 2 is 1.93 bits per heavy atom. The van der Waals surface area contributed by atoms with Gasteiger partial charge in [0.25, 0.3) is 0 Å². The summed E-state index contributed by atoms with van der Waals surface area (Å²) in [5, 5.41) is 14.2. The van der Waals surface area contributed by atoms with Crippen LogP contribution in [0.5, 0.6) is 5.75 Å². The number of rotatable bonds is 9. The number of aryl methyl sites for hydroxylation is 1. The largest absolute Gasteiger partial charge is 0.492 e. The van der Waals surface area contributed by atoms with E-state index in [-0.39, 0.29) is 5.69 Å². The minimum atomic E-state index is -0.147. The summed E-state index contributed by atoms with van der Waals surface area (Å²) in [4.78, 5) is 27.4. The molecule has 0 bridgehead atoms. The number of hydrogen-bond donors (Lipinski definition) is 2. The van der Waals surface area contributed by atoms with E-state index >= 15 is 0 Å². The molecule has 2 N–H and O–H groups in total. The van der Waals surface area contributed by atoms with Crippen molar-refractivity contribution in [2.24, 2.45) is 7.05 Å². The molecule has 0 radical (unpaired) electrons. The van der Waals surface area contributed by atoms with Crippen LogP contribution in [0.25, 0.3) is 28.2 Å². The summed E-state index contributed by atoms with van der Waals surface area (Å²) in [5.74, 6) is 2.24. The van der Waals surface area contributed by atoms with Gasteiger partial charge in [0, 0.05) is 63.3 Å². The first kappa shape index (κ1) is 25.7. The van der Waals surface area contributed by atoms with Gasteiger partial charge in [-0.05, 0) is 17.2 Å². The van der Waals surface area contributed by atoms with E-state index in [1.54, 1.807) is 21.8 Å². The molecular formula is C29H29N11O2. The SMILES string of the molecule is Cn1cc(-c2ccc(CNc3cc(-c4cnc5cc(OCCN6CCn7c(n[nH]c7=O)C6)ccn45)ncn3)cc2)cn1. The number of pyridine rings is 1. The average molecular weight is 564 g/mol. The lowest BCUT2D eigenvalue weighted by Gasteiger charge is -2.26. The van der Waals surface area contributed by atoms with Crippen LogP contribution >= 0.6 is 0 Å². The third-order valence-corrected chi connectivity index (χ3v) is 7.40. The molecular weight excluding hydrogens is 534 g/mol. The van der Waals surface area contributed by atoms with Crippen molar-refractivity contribution in [2.75, 3.05) is 25.0 Å². The normalized spacial score (nSPS) is 13.4. The quantitative estimate of drug-likeness (QED) is 0.272. The average Bonchev–Trinajstić information content (AvgIpc) is 3.75. The molecule has 42 heavy (non-hydrogen) atoms. The van der Waals surface area contributed by atoms with Crippen molar-refractivity contribution in [3.8, 4) is 28.3 Å². The lowest BCUT2D eigenvalue weighted by molar-refractivity contribution is 0.174. The van der Waals surface area contributed by atoms with Gasteiger partial charge in [0.2, 0.25) is 0 Å². The Labute approximate surface area is 240 Å². The molecule has 0 spiro atoms. The standard InChI is InChI=1S/C29H29N11O2/c1-37-17-22(15-34-37)21-4-2-20(3-5-21)14-30-26-13-24(32-19-33-26)25-16-31-27-12-23(6-7-39(25)27)42-11-10-38-8-9-40-28(18-38)35-36-29(40)41/h2-7,12-13,15-17,19H,8-11,14,18H2,1H3,(H,36,41)(H,30,32,33). The second-order valence-electron chi connectivity index (χ2n) is 10.2. The number of aromatic amines is 1. The van der Waals surface area contributed by atoms with Crippen molar-refractivity contribution in [3.63, 3.8) is 0 Å².